The molecule has 0 aromatic rings. The highest BCUT2D eigenvalue weighted by Gasteiger charge is 2.58. The highest BCUT2D eigenvalue weighted by Crippen LogP contribution is 2.58. The highest BCUT2D eigenvalue weighted by atomic mass is 28.4. The second-order valence-corrected chi connectivity index (χ2v) is 11.2. The fourth-order valence-electron chi connectivity index (χ4n) is 3.29. The molecule has 0 spiro atoms. The minimum atomic E-state index is -1.47. The molecular weight excluding hydrogens is 200 g/mol. The van der Waals surface area contributed by atoms with Gasteiger partial charge in [0.05, 0.1) is 5.60 Å². The Kier molecular flexibility index (Phi) is 2.94. The monoisotopic (exact) mass is 228 g/mol. The Bertz CT molecular complexity index is 255. The summed E-state index contributed by atoms with van der Waals surface area (Å²) in [5.74, 6) is 0. The van der Waals surface area contributed by atoms with Crippen LogP contribution in [0.3, 0.4) is 0 Å². The fourth-order valence-corrected chi connectivity index (χ4v) is 7.55. The number of rotatable bonds is 1. The van der Waals surface area contributed by atoms with Gasteiger partial charge >= 0.3 is 0 Å². The van der Waals surface area contributed by atoms with Crippen molar-refractivity contribution in [3.05, 3.63) is 0 Å². The Morgan fingerprint density at radius 1 is 1.07 bits per heavy atom. The molecule has 1 rings (SSSR count). The first-order valence-corrected chi connectivity index (χ1v) is 9.29. The lowest BCUT2D eigenvalue weighted by atomic mass is 9.59. The van der Waals surface area contributed by atoms with Crippen molar-refractivity contribution in [3.63, 3.8) is 0 Å². The quantitative estimate of drug-likeness (QED) is 0.603. The van der Waals surface area contributed by atoms with Crippen molar-refractivity contribution in [2.24, 2.45) is 10.8 Å². The van der Waals surface area contributed by atoms with E-state index in [1.165, 1.54) is 6.04 Å². The molecule has 1 nitrogen and oxygen atoms in total. The summed E-state index contributed by atoms with van der Waals surface area (Å²) < 4.78 is 6.50. The molecule has 0 saturated carbocycles. The van der Waals surface area contributed by atoms with Crippen molar-refractivity contribution in [1.29, 1.82) is 0 Å². The molecule has 0 aromatic carbocycles. The Morgan fingerprint density at radius 3 is 1.93 bits per heavy atom. The molecule has 0 N–H and O–H groups in total. The maximum atomic E-state index is 6.50. The molecule has 0 radical (unpaired) electrons. The van der Waals surface area contributed by atoms with E-state index in [2.05, 4.69) is 54.6 Å². The van der Waals surface area contributed by atoms with E-state index in [-0.39, 0.29) is 11.0 Å². The molecule has 1 saturated heterocycles. The van der Waals surface area contributed by atoms with Gasteiger partial charge in [-0.1, -0.05) is 34.6 Å². The van der Waals surface area contributed by atoms with E-state index in [9.17, 15) is 0 Å². The molecular formula is C13H28OSi. The molecule has 90 valence electrons. The van der Waals surface area contributed by atoms with Gasteiger partial charge in [-0.15, -0.1) is 0 Å². The number of hydrogen-bond donors (Lipinski definition) is 0. The third kappa shape index (κ3) is 1.91. The van der Waals surface area contributed by atoms with Gasteiger partial charge in [-0.2, -0.15) is 0 Å². The van der Waals surface area contributed by atoms with Crippen molar-refractivity contribution in [2.45, 2.75) is 72.7 Å². The molecule has 1 heterocycles. The average Bonchev–Trinajstić information content (AvgIpc) is 1.98. The fraction of sp³-hybridized carbons (Fsp3) is 1.00. The molecule has 15 heavy (non-hydrogen) atoms. The van der Waals surface area contributed by atoms with Crippen LogP contribution < -0.4 is 0 Å². The molecule has 1 atom stereocenters. The summed E-state index contributed by atoms with van der Waals surface area (Å²) in [5.41, 5.74) is 0.674. The van der Waals surface area contributed by atoms with Gasteiger partial charge in [0.15, 0.2) is 8.32 Å². The standard InChI is InChI=1S/C13H28OSi/c1-9-13(6)12(4,5)11(2,3)10-15(7,8)14-13/h9-10H2,1-8H3. The van der Waals surface area contributed by atoms with Crippen LogP contribution in [-0.4, -0.2) is 13.9 Å². The van der Waals surface area contributed by atoms with E-state index in [0.717, 1.165) is 6.42 Å². The highest BCUT2D eigenvalue weighted by molar-refractivity contribution is 6.71. The molecule has 1 aliphatic rings. The topological polar surface area (TPSA) is 9.23 Å². The van der Waals surface area contributed by atoms with Crippen molar-refractivity contribution in [3.8, 4) is 0 Å². The van der Waals surface area contributed by atoms with Gasteiger partial charge in [0, 0.05) is 0 Å². The predicted molar refractivity (Wildman–Crippen MR) is 69.6 cm³/mol. The molecule has 2 heteroatoms. The minimum Gasteiger partial charge on any atom is -0.412 e. The van der Waals surface area contributed by atoms with Crippen LogP contribution >= 0.6 is 0 Å². The van der Waals surface area contributed by atoms with Crippen LogP contribution in [0.25, 0.3) is 0 Å². The first-order chi connectivity index (χ1) is 6.47. The molecule has 1 unspecified atom stereocenters. The van der Waals surface area contributed by atoms with Gasteiger partial charge in [0.2, 0.25) is 0 Å². The summed E-state index contributed by atoms with van der Waals surface area (Å²) in [6, 6.07) is 1.27. The zero-order valence-electron chi connectivity index (χ0n) is 11.8. The maximum absolute atomic E-state index is 6.50. The van der Waals surface area contributed by atoms with Crippen LogP contribution in [0.4, 0.5) is 0 Å². The Morgan fingerprint density at radius 2 is 1.53 bits per heavy atom. The minimum absolute atomic E-state index is 0.0461. The van der Waals surface area contributed by atoms with E-state index in [0.29, 0.717) is 5.41 Å². The largest absolute Gasteiger partial charge is 0.412 e. The van der Waals surface area contributed by atoms with Crippen LogP contribution in [0.5, 0.6) is 0 Å². The summed E-state index contributed by atoms with van der Waals surface area (Å²) in [6.45, 7) is 18.9. The SMILES string of the molecule is CCC1(C)O[Si](C)(C)CC(C)(C)C1(C)C. The van der Waals surface area contributed by atoms with Crippen LogP contribution in [0.15, 0.2) is 0 Å². The van der Waals surface area contributed by atoms with E-state index in [4.69, 9.17) is 4.43 Å². The average molecular weight is 228 g/mol. The summed E-state index contributed by atoms with van der Waals surface area (Å²) in [6.07, 6.45) is 1.11. The maximum Gasteiger partial charge on any atom is 0.188 e. The summed E-state index contributed by atoms with van der Waals surface area (Å²) in [5, 5.41) is 0. The van der Waals surface area contributed by atoms with Gasteiger partial charge in [0.1, 0.15) is 0 Å². The zero-order chi connectivity index (χ0) is 12.1. The predicted octanol–water partition coefficient (Wildman–Crippen LogP) is 4.44. The lowest BCUT2D eigenvalue weighted by molar-refractivity contribution is -0.121. The lowest BCUT2D eigenvalue weighted by Crippen LogP contribution is -2.63. The molecule has 1 aliphatic heterocycles. The third-order valence-electron chi connectivity index (χ3n) is 5.06. The molecule has 0 amide bonds. The Labute approximate surface area is 96.7 Å². The molecule has 0 aromatic heterocycles. The van der Waals surface area contributed by atoms with Gasteiger partial charge in [-0.25, -0.2) is 0 Å². The van der Waals surface area contributed by atoms with Crippen molar-refractivity contribution in [1.82, 2.24) is 0 Å². The van der Waals surface area contributed by atoms with Gasteiger partial charge in [-0.05, 0) is 43.3 Å². The van der Waals surface area contributed by atoms with Crippen LogP contribution in [0.2, 0.25) is 19.1 Å². The van der Waals surface area contributed by atoms with Crippen LogP contribution in [0.1, 0.15) is 48.0 Å². The summed E-state index contributed by atoms with van der Waals surface area (Å²) in [7, 11) is -1.47. The third-order valence-corrected chi connectivity index (χ3v) is 7.80. The second-order valence-electron chi connectivity index (χ2n) is 7.13. The van der Waals surface area contributed by atoms with Crippen molar-refractivity contribution in [2.75, 3.05) is 0 Å². The first kappa shape index (κ1) is 13.2. The van der Waals surface area contributed by atoms with Crippen LogP contribution in [-0.2, 0) is 4.43 Å². The van der Waals surface area contributed by atoms with E-state index >= 15 is 0 Å². The van der Waals surface area contributed by atoms with E-state index in [1.807, 2.05) is 0 Å². The van der Waals surface area contributed by atoms with Crippen LogP contribution in [0, 0.1) is 10.8 Å². The molecule has 0 bridgehead atoms. The zero-order valence-corrected chi connectivity index (χ0v) is 12.8. The van der Waals surface area contributed by atoms with Crippen molar-refractivity contribution >= 4 is 8.32 Å². The lowest BCUT2D eigenvalue weighted by Gasteiger charge is -2.61. The van der Waals surface area contributed by atoms with Crippen molar-refractivity contribution < 1.29 is 4.43 Å². The van der Waals surface area contributed by atoms with Gasteiger partial charge in [-0.3, -0.25) is 0 Å². The Hall–Kier alpha value is 0.177. The van der Waals surface area contributed by atoms with E-state index < -0.39 is 8.32 Å². The van der Waals surface area contributed by atoms with Gasteiger partial charge < -0.3 is 4.43 Å². The number of hydrogen-bond acceptors (Lipinski definition) is 1. The summed E-state index contributed by atoms with van der Waals surface area (Å²) >= 11 is 0. The summed E-state index contributed by atoms with van der Waals surface area (Å²) in [4.78, 5) is 0. The second kappa shape index (κ2) is 3.33. The normalized spacial score (nSPS) is 37.6. The molecule has 0 aliphatic carbocycles. The Balaban J connectivity index is 3.18. The first-order valence-electron chi connectivity index (χ1n) is 6.18. The van der Waals surface area contributed by atoms with E-state index in [1.54, 1.807) is 0 Å². The smallest absolute Gasteiger partial charge is 0.188 e. The molecule has 1 fully saturated rings. The van der Waals surface area contributed by atoms with Gasteiger partial charge in [0.25, 0.3) is 0 Å².